The number of Topliss-reactive ketones (excluding diaryl/α,β-unsaturated/α-hetero) is 1. The molecular weight excluding hydrogens is 321 g/mol. The number of amides is 1. The summed E-state index contributed by atoms with van der Waals surface area (Å²) < 4.78 is 14.2. The van der Waals surface area contributed by atoms with Crippen LogP contribution in [0.5, 0.6) is 0 Å². The smallest absolute Gasteiger partial charge is 0.220 e. The molecule has 2 aliphatic rings. The standard InChI is InChI=1S/C19H26FN3O2/c20-16-4-2-1-3-15(16)18(24)17(13-5-9-22-10-6-13)23-11-7-14(8-12-23)19(21)25/h1-4,13-14,17,22H,5-12H2,(H2,21,25). The Morgan fingerprint density at radius 1 is 1.12 bits per heavy atom. The van der Waals surface area contributed by atoms with Gasteiger partial charge in [-0.05, 0) is 69.9 Å². The molecule has 0 aliphatic carbocycles. The minimum Gasteiger partial charge on any atom is -0.369 e. The number of nitrogens with zero attached hydrogens (tertiary/aromatic N) is 1. The van der Waals surface area contributed by atoms with Crippen molar-refractivity contribution < 1.29 is 14.0 Å². The number of hydrogen-bond donors (Lipinski definition) is 2. The normalized spacial score (nSPS) is 21.8. The van der Waals surface area contributed by atoms with E-state index < -0.39 is 5.82 Å². The Bertz CT molecular complexity index is 623. The SMILES string of the molecule is NC(=O)C1CCN(C(C(=O)c2ccccc2F)C2CCNCC2)CC1. The summed E-state index contributed by atoms with van der Waals surface area (Å²) in [4.78, 5) is 26.7. The maximum absolute atomic E-state index is 14.2. The summed E-state index contributed by atoms with van der Waals surface area (Å²) in [6.07, 6.45) is 3.14. The van der Waals surface area contributed by atoms with E-state index in [9.17, 15) is 14.0 Å². The number of nitrogens with two attached hydrogens (primary N) is 1. The van der Waals surface area contributed by atoms with Crippen LogP contribution in [0.25, 0.3) is 0 Å². The number of rotatable bonds is 5. The molecule has 5 nitrogen and oxygen atoms in total. The molecular formula is C19H26FN3O2. The van der Waals surface area contributed by atoms with Crippen molar-refractivity contribution in [3.63, 3.8) is 0 Å². The average molecular weight is 347 g/mol. The first-order chi connectivity index (χ1) is 12.1. The zero-order valence-electron chi connectivity index (χ0n) is 14.4. The van der Waals surface area contributed by atoms with Crippen LogP contribution in [0.15, 0.2) is 24.3 Å². The Hall–Kier alpha value is -1.79. The van der Waals surface area contributed by atoms with Crippen molar-refractivity contribution in [2.45, 2.75) is 31.7 Å². The zero-order chi connectivity index (χ0) is 17.8. The third-order valence-electron chi connectivity index (χ3n) is 5.56. The monoisotopic (exact) mass is 347 g/mol. The number of carbonyl (C=O) groups excluding carboxylic acids is 2. The maximum Gasteiger partial charge on any atom is 0.220 e. The van der Waals surface area contributed by atoms with Crippen LogP contribution in [0.4, 0.5) is 4.39 Å². The van der Waals surface area contributed by atoms with Crippen LogP contribution in [0, 0.1) is 17.7 Å². The summed E-state index contributed by atoms with van der Waals surface area (Å²) in [6, 6.07) is 5.89. The van der Waals surface area contributed by atoms with E-state index in [-0.39, 0.29) is 35.1 Å². The first-order valence-corrected chi connectivity index (χ1v) is 9.10. The Morgan fingerprint density at radius 2 is 1.76 bits per heavy atom. The Morgan fingerprint density at radius 3 is 2.36 bits per heavy atom. The molecule has 1 unspecified atom stereocenters. The summed E-state index contributed by atoms with van der Waals surface area (Å²) in [5.41, 5.74) is 5.59. The van der Waals surface area contributed by atoms with E-state index in [1.54, 1.807) is 18.2 Å². The average Bonchev–Trinajstić information content (AvgIpc) is 2.63. The lowest BCUT2D eigenvalue weighted by atomic mass is 9.82. The van der Waals surface area contributed by atoms with Gasteiger partial charge in [-0.3, -0.25) is 14.5 Å². The quantitative estimate of drug-likeness (QED) is 0.793. The van der Waals surface area contributed by atoms with E-state index in [1.165, 1.54) is 6.07 Å². The molecule has 0 radical (unpaired) electrons. The predicted octanol–water partition coefficient (Wildman–Crippen LogP) is 1.57. The topological polar surface area (TPSA) is 75.4 Å². The van der Waals surface area contributed by atoms with Gasteiger partial charge in [-0.25, -0.2) is 4.39 Å². The van der Waals surface area contributed by atoms with Crippen LogP contribution in [-0.4, -0.2) is 48.8 Å². The third kappa shape index (κ3) is 4.07. The fourth-order valence-corrected chi connectivity index (χ4v) is 4.12. The lowest BCUT2D eigenvalue weighted by molar-refractivity contribution is -0.123. The number of ketones is 1. The summed E-state index contributed by atoms with van der Waals surface area (Å²) in [5, 5.41) is 3.32. The van der Waals surface area contributed by atoms with Gasteiger partial charge >= 0.3 is 0 Å². The van der Waals surface area contributed by atoms with Gasteiger partial charge in [-0.15, -0.1) is 0 Å². The lowest BCUT2D eigenvalue weighted by Crippen LogP contribution is -2.52. The summed E-state index contributed by atoms with van der Waals surface area (Å²) in [6.45, 7) is 3.07. The Balaban J connectivity index is 1.82. The molecule has 6 heteroatoms. The van der Waals surface area contributed by atoms with Crippen LogP contribution < -0.4 is 11.1 Å². The number of nitrogens with one attached hydrogen (secondary N) is 1. The second-order valence-electron chi connectivity index (χ2n) is 7.09. The summed E-state index contributed by atoms with van der Waals surface area (Å²) in [7, 11) is 0. The fourth-order valence-electron chi connectivity index (χ4n) is 4.12. The van der Waals surface area contributed by atoms with Gasteiger partial charge in [0.2, 0.25) is 5.91 Å². The fraction of sp³-hybridized carbons (Fsp3) is 0.579. The van der Waals surface area contributed by atoms with Crippen LogP contribution in [-0.2, 0) is 4.79 Å². The van der Waals surface area contributed by atoms with Crippen molar-refractivity contribution in [3.8, 4) is 0 Å². The van der Waals surface area contributed by atoms with Gasteiger partial charge in [0.05, 0.1) is 11.6 Å². The van der Waals surface area contributed by atoms with Crippen LogP contribution in [0.3, 0.4) is 0 Å². The van der Waals surface area contributed by atoms with E-state index >= 15 is 0 Å². The first kappa shape index (κ1) is 18.0. The number of hydrogen-bond acceptors (Lipinski definition) is 4. The van der Waals surface area contributed by atoms with Gasteiger partial charge < -0.3 is 11.1 Å². The predicted molar refractivity (Wildman–Crippen MR) is 93.6 cm³/mol. The van der Waals surface area contributed by atoms with Crippen molar-refractivity contribution in [3.05, 3.63) is 35.6 Å². The molecule has 2 heterocycles. The number of likely N-dealkylation sites (tertiary alicyclic amines) is 1. The van der Waals surface area contributed by atoms with Crippen LogP contribution >= 0.6 is 0 Å². The second kappa shape index (κ2) is 8.06. The molecule has 3 rings (SSSR count). The molecule has 0 saturated carbocycles. The van der Waals surface area contributed by atoms with Crippen molar-refractivity contribution in [1.29, 1.82) is 0 Å². The molecule has 1 amide bonds. The van der Waals surface area contributed by atoms with Gasteiger partial charge in [-0.1, -0.05) is 12.1 Å². The van der Waals surface area contributed by atoms with E-state index in [0.29, 0.717) is 25.9 Å². The van der Waals surface area contributed by atoms with Gasteiger partial charge in [0.25, 0.3) is 0 Å². The number of halogens is 1. The molecule has 2 fully saturated rings. The van der Waals surface area contributed by atoms with Gasteiger partial charge in [0, 0.05) is 5.92 Å². The number of benzene rings is 1. The zero-order valence-corrected chi connectivity index (χ0v) is 14.4. The maximum atomic E-state index is 14.2. The Labute approximate surface area is 147 Å². The molecule has 2 aliphatic heterocycles. The highest BCUT2D eigenvalue weighted by molar-refractivity contribution is 6.00. The molecule has 25 heavy (non-hydrogen) atoms. The van der Waals surface area contributed by atoms with Gasteiger partial charge in [-0.2, -0.15) is 0 Å². The molecule has 1 aromatic rings. The highest BCUT2D eigenvalue weighted by atomic mass is 19.1. The van der Waals surface area contributed by atoms with Crippen molar-refractivity contribution in [2.24, 2.45) is 17.6 Å². The summed E-state index contributed by atoms with van der Waals surface area (Å²) >= 11 is 0. The van der Waals surface area contributed by atoms with Crippen molar-refractivity contribution in [2.75, 3.05) is 26.2 Å². The van der Waals surface area contributed by atoms with E-state index in [4.69, 9.17) is 5.73 Å². The van der Waals surface area contributed by atoms with Gasteiger partial charge in [0.15, 0.2) is 5.78 Å². The highest BCUT2D eigenvalue weighted by Gasteiger charge is 2.38. The molecule has 136 valence electrons. The number of carbonyl (C=O) groups is 2. The highest BCUT2D eigenvalue weighted by Crippen LogP contribution is 2.29. The minimum absolute atomic E-state index is 0.117. The molecule has 2 saturated heterocycles. The van der Waals surface area contributed by atoms with E-state index in [2.05, 4.69) is 10.2 Å². The summed E-state index contributed by atoms with van der Waals surface area (Å²) in [5.74, 6) is -0.772. The molecule has 1 atom stereocenters. The number of piperidine rings is 2. The largest absolute Gasteiger partial charge is 0.369 e. The second-order valence-corrected chi connectivity index (χ2v) is 7.09. The van der Waals surface area contributed by atoms with Crippen LogP contribution in [0.2, 0.25) is 0 Å². The Kier molecular flexibility index (Phi) is 5.81. The van der Waals surface area contributed by atoms with E-state index in [1.807, 2.05) is 0 Å². The van der Waals surface area contributed by atoms with E-state index in [0.717, 1.165) is 25.9 Å². The van der Waals surface area contributed by atoms with Crippen LogP contribution in [0.1, 0.15) is 36.0 Å². The lowest BCUT2D eigenvalue weighted by Gasteiger charge is -2.41. The molecule has 0 spiro atoms. The van der Waals surface area contributed by atoms with Crippen molar-refractivity contribution >= 4 is 11.7 Å². The first-order valence-electron chi connectivity index (χ1n) is 9.10. The molecule has 0 bridgehead atoms. The number of primary amides is 1. The third-order valence-corrected chi connectivity index (χ3v) is 5.56. The van der Waals surface area contributed by atoms with Crippen molar-refractivity contribution in [1.82, 2.24) is 10.2 Å². The van der Waals surface area contributed by atoms with Gasteiger partial charge in [0.1, 0.15) is 5.82 Å². The minimum atomic E-state index is -0.460. The molecule has 1 aromatic carbocycles. The molecule has 3 N–H and O–H groups in total. The molecule has 0 aromatic heterocycles.